The van der Waals surface area contributed by atoms with Crippen LogP contribution in [0.3, 0.4) is 0 Å². The fourth-order valence-corrected chi connectivity index (χ4v) is 5.85. The predicted molar refractivity (Wildman–Crippen MR) is 137 cm³/mol. The fraction of sp³-hybridized carbons (Fsp3) is 0.519. The van der Waals surface area contributed by atoms with Crippen molar-refractivity contribution < 1.29 is 19.0 Å². The molecule has 3 aliphatic heterocycles. The van der Waals surface area contributed by atoms with E-state index < -0.39 is 11.9 Å². The summed E-state index contributed by atoms with van der Waals surface area (Å²) in [6.07, 6.45) is 2.36. The Morgan fingerprint density at radius 3 is 2.86 bits per heavy atom. The van der Waals surface area contributed by atoms with Crippen molar-refractivity contribution in [1.29, 1.82) is 0 Å². The average Bonchev–Trinajstić information content (AvgIpc) is 3.49. The number of nitrogens with zero attached hydrogens (tertiary/aromatic N) is 4. The first-order valence-corrected chi connectivity index (χ1v) is 13.0. The van der Waals surface area contributed by atoms with Crippen molar-refractivity contribution in [3.05, 3.63) is 52.2 Å². The van der Waals surface area contributed by atoms with Crippen LogP contribution in [0.5, 0.6) is 0 Å². The number of pyridine rings is 1. The second-order valence-electron chi connectivity index (χ2n) is 10.5. The Balaban J connectivity index is 1.38. The van der Waals surface area contributed by atoms with Crippen molar-refractivity contribution in [2.45, 2.75) is 63.6 Å². The maximum atomic E-state index is 15.0. The molecule has 3 aromatic rings. The number of aromatic nitrogens is 3. The number of halogens is 1. The van der Waals surface area contributed by atoms with Gasteiger partial charge in [0.1, 0.15) is 5.69 Å². The van der Waals surface area contributed by atoms with Crippen LogP contribution >= 0.6 is 0 Å². The third-order valence-corrected chi connectivity index (χ3v) is 7.68. The number of morpholine rings is 1. The Labute approximate surface area is 214 Å². The summed E-state index contributed by atoms with van der Waals surface area (Å²) in [4.78, 5) is 24.1. The van der Waals surface area contributed by atoms with Crippen LogP contribution in [0.2, 0.25) is 0 Å². The number of hydrogen-bond donors (Lipinski definition) is 2. The number of benzene rings is 1. The Morgan fingerprint density at radius 1 is 1.27 bits per heavy atom. The first kappa shape index (κ1) is 24.4. The van der Waals surface area contributed by atoms with Crippen LogP contribution in [0.1, 0.15) is 38.4 Å². The Morgan fingerprint density at radius 2 is 2.14 bits per heavy atom. The quantitative estimate of drug-likeness (QED) is 0.523. The zero-order valence-corrected chi connectivity index (χ0v) is 21.1. The summed E-state index contributed by atoms with van der Waals surface area (Å²) in [5.74, 6) is -0.316. The Hall–Kier alpha value is -2.92. The van der Waals surface area contributed by atoms with E-state index in [1.165, 1.54) is 0 Å². The molecule has 37 heavy (non-hydrogen) atoms. The summed E-state index contributed by atoms with van der Waals surface area (Å²) in [6.45, 7) is 7.21. The molecule has 6 rings (SSSR count). The third-order valence-electron chi connectivity index (χ3n) is 7.68. The lowest BCUT2D eigenvalue weighted by Crippen LogP contribution is -2.42. The van der Waals surface area contributed by atoms with Crippen molar-refractivity contribution in [2.75, 3.05) is 31.7 Å². The molecule has 0 aliphatic carbocycles. The van der Waals surface area contributed by atoms with Crippen molar-refractivity contribution in [3.63, 3.8) is 0 Å². The molecule has 0 spiro atoms. The predicted octanol–water partition coefficient (Wildman–Crippen LogP) is 2.71. The minimum atomic E-state index is -0.692. The molecule has 9 nitrogen and oxygen atoms in total. The fourth-order valence-electron chi connectivity index (χ4n) is 5.85. The highest BCUT2D eigenvalue weighted by Gasteiger charge is 2.39. The number of aliphatic hydroxyl groups is 1. The van der Waals surface area contributed by atoms with Gasteiger partial charge in [-0.25, -0.2) is 14.4 Å². The van der Waals surface area contributed by atoms with E-state index >= 15 is 0 Å². The summed E-state index contributed by atoms with van der Waals surface area (Å²) >= 11 is 0. The molecular weight excluding hydrogens is 477 g/mol. The molecule has 5 heterocycles. The highest BCUT2D eigenvalue weighted by Crippen LogP contribution is 2.31. The smallest absolute Gasteiger partial charge is 0.223 e. The van der Waals surface area contributed by atoms with Gasteiger partial charge in [-0.1, -0.05) is 6.07 Å². The average molecular weight is 510 g/mol. The number of likely N-dealkylation sites (tertiary alicyclic amines) is 1. The van der Waals surface area contributed by atoms with E-state index in [1.807, 2.05) is 6.07 Å². The van der Waals surface area contributed by atoms with Gasteiger partial charge in [-0.3, -0.25) is 9.69 Å². The number of fused-ring (bicyclic) bond motifs is 3. The zero-order chi connectivity index (χ0) is 25.7. The SMILES string of the molecule is CC(C)n1c(CN2C[C@@H]3C[C@H]2CO3)cc(=O)c2ccc(-c3nc(N[C@@H]4CCOC[C@H]4O)ncc3F)cc21. The van der Waals surface area contributed by atoms with Gasteiger partial charge in [0.2, 0.25) is 5.95 Å². The van der Waals surface area contributed by atoms with Gasteiger partial charge in [0.15, 0.2) is 11.2 Å². The standard InChI is InChI=1S/C27H32FN5O4/c1-15(2)33-17(11-32-12-19-8-18(32)13-37-19)9-24(34)20-4-3-16(7-23(20)33)26-21(28)10-29-27(31-26)30-22-5-6-36-14-25(22)35/h3-4,7,9-10,15,18-19,22,25,35H,5-6,8,11-14H2,1-2H3,(H,29,30,31)/t18-,19-,22+,25+/m0/s1. The lowest BCUT2D eigenvalue weighted by molar-refractivity contribution is -0.0136. The molecule has 3 aliphatic rings. The van der Waals surface area contributed by atoms with Gasteiger partial charge in [-0.15, -0.1) is 0 Å². The second-order valence-corrected chi connectivity index (χ2v) is 10.5. The van der Waals surface area contributed by atoms with E-state index in [4.69, 9.17) is 9.47 Å². The normalized spacial score (nSPS) is 25.9. The van der Waals surface area contributed by atoms with E-state index in [0.717, 1.165) is 37.0 Å². The van der Waals surface area contributed by atoms with Crippen LogP contribution < -0.4 is 10.7 Å². The van der Waals surface area contributed by atoms with E-state index in [2.05, 4.69) is 38.6 Å². The molecule has 0 saturated carbocycles. The van der Waals surface area contributed by atoms with Crippen LogP contribution in [0.15, 0.2) is 35.3 Å². The molecule has 0 radical (unpaired) electrons. The maximum absolute atomic E-state index is 15.0. The Kier molecular flexibility index (Phi) is 6.44. The molecule has 2 aromatic heterocycles. The number of anilines is 1. The third kappa shape index (κ3) is 4.63. The van der Waals surface area contributed by atoms with E-state index in [0.29, 0.717) is 36.6 Å². The van der Waals surface area contributed by atoms with E-state index in [1.54, 1.807) is 18.2 Å². The van der Waals surface area contributed by atoms with Crippen LogP contribution in [0, 0.1) is 5.82 Å². The van der Waals surface area contributed by atoms with Gasteiger partial charge in [-0.2, -0.15) is 0 Å². The van der Waals surface area contributed by atoms with Crippen LogP contribution in [-0.4, -0.2) is 75.2 Å². The van der Waals surface area contributed by atoms with Crippen LogP contribution in [-0.2, 0) is 16.0 Å². The minimum absolute atomic E-state index is 0.0481. The van der Waals surface area contributed by atoms with Crippen molar-refractivity contribution in [3.8, 4) is 11.3 Å². The van der Waals surface area contributed by atoms with Gasteiger partial charge in [0.05, 0.1) is 43.2 Å². The highest BCUT2D eigenvalue weighted by atomic mass is 19.1. The lowest BCUT2D eigenvalue weighted by Gasteiger charge is -2.29. The lowest BCUT2D eigenvalue weighted by atomic mass is 10.1. The maximum Gasteiger partial charge on any atom is 0.223 e. The number of hydrogen-bond acceptors (Lipinski definition) is 8. The van der Waals surface area contributed by atoms with Gasteiger partial charge in [-0.05, 0) is 38.8 Å². The summed E-state index contributed by atoms with van der Waals surface area (Å²) in [7, 11) is 0. The van der Waals surface area contributed by atoms with Gasteiger partial charge in [0, 0.05) is 54.5 Å². The van der Waals surface area contributed by atoms with Crippen molar-refractivity contribution in [2.24, 2.45) is 0 Å². The van der Waals surface area contributed by atoms with Crippen molar-refractivity contribution >= 4 is 16.9 Å². The van der Waals surface area contributed by atoms with Crippen LogP contribution in [0.25, 0.3) is 22.2 Å². The molecule has 1 aromatic carbocycles. The summed E-state index contributed by atoms with van der Waals surface area (Å²) in [6, 6.07) is 7.26. The zero-order valence-electron chi connectivity index (χ0n) is 21.1. The number of nitrogens with one attached hydrogen (secondary N) is 1. The first-order chi connectivity index (χ1) is 17.9. The summed E-state index contributed by atoms with van der Waals surface area (Å²) < 4.78 is 28.2. The minimum Gasteiger partial charge on any atom is -0.389 e. The Bertz CT molecular complexity index is 1380. The molecule has 0 unspecified atom stereocenters. The van der Waals surface area contributed by atoms with Crippen LogP contribution in [0.4, 0.5) is 10.3 Å². The molecule has 2 N–H and O–H groups in total. The summed E-state index contributed by atoms with van der Waals surface area (Å²) in [5.41, 5.74) is 2.35. The molecule has 10 heteroatoms. The monoisotopic (exact) mass is 509 g/mol. The largest absolute Gasteiger partial charge is 0.389 e. The molecule has 2 bridgehead atoms. The highest BCUT2D eigenvalue weighted by molar-refractivity contribution is 5.84. The second kappa shape index (κ2) is 9.75. The molecule has 0 amide bonds. The van der Waals surface area contributed by atoms with E-state index in [-0.39, 0.29) is 41.9 Å². The molecule has 3 saturated heterocycles. The number of ether oxygens (including phenoxy) is 2. The number of aliphatic hydroxyl groups excluding tert-OH is 1. The van der Waals surface area contributed by atoms with Gasteiger partial charge in [0.25, 0.3) is 0 Å². The molecule has 4 atom stereocenters. The van der Waals surface area contributed by atoms with Gasteiger partial charge >= 0.3 is 0 Å². The topological polar surface area (TPSA) is 102 Å². The molecule has 196 valence electrons. The van der Waals surface area contributed by atoms with E-state index in [9.17, 15) is 14.3 Å². The molecule has 3 fully saturated rings. The van der Waals surface area contributed by atoms with Crippen molar-refractivity contribution in [1.82, 2.24) is 19.4 Å². The molecular formula is C27H32FN5O4. The van der Waals surface area contributed by atoms with Gasteiger partial charge < -0.3 is 24.5 Å². The first-order valence-electron chi connectivity index (χ1n) is 13.0. The summed E-state index contributed by atoms with van der Waals surface area (Å²) in [5, 5.41) is 13.9. The number of rotatable bonds is 6.